The van der Waals surface area contributed by atoms with E-state index in [4.69, 9.17) is 9.47 Å². The van der Waals surface area contributed by atoms with E-state index in [2.05, 4.69) is 26.1 Å². The van der Waals surface area contributed by atoms with Crippen LogP contribution < -0.4 is 4.74 Å². The smallest absolute Gasteiger partial charge is 0.258 e. The van der Waals surface area contributed by atoms with Crippen molar-refractivity contribution in [3.63, 3.8) is 0 Å². The maximum atomic E-state index is 6.05. The predicted octanol–water partition coefficient (Wildman–Crippen LogP) is 4.26. The van der Waals surface area contributed by atoms with Gasteiger partial charge >= 0.3 is 0 Å². The van der Waals surface area contributed by atoms with Crippen molar-refractivity contribution in [2.24, 2.45) is 4.99 Å². The van der Waals surface area contributed by atoms with Crippen molar-refractivity contribution in [2.45, 2.75) is 6.42 Å². The number of quaternary nitrogens is 1. The minimum absolute atomic E-state index is 0.545. The molecule has 0 bridgehead atoms. The molecule has 0 fully saturated rings. The van der Waals surface area contributed by atoms with E-state index in [1.807, 2.05) is 60.7 Å². The second kappa shape index (κ2) is 7.53. The van der Waals surface area contributed by atoms with E-state index in [1.165, 1.54) is 0 Å². The zero-order chi connectivity index (χ0) is 17.7. The van der Waals surface area contributed by atoms with Crippen molar-refractivity contribution in [1.82, 2.24) is 0 Å². The molecule has 130 valence electrons. The molecule has 4 heteroatoms. The summed E-state index contributed by atoms with van der Waals surface area (Å²) in [6, 6.07) is 17.8. The minimum Gasteiger partial charge on any atom is -0.475 e. The van der Waals surface area contributed by atoms with E-state index in [0.29, 0.717) is 18.3 Å². The molecule has 3 rings (SSSR count). The van der Waals surface area contributed by atoms with Gasteiger partial charge in [0.05, 0.1) is 34.3 Å². The normalized spacial score (nSPS) is 15.3. The summed E-state index contributed by atoms with van der Waals surface area (Å²) >= 11 is 0. The van der Waals surface area contributed by atoms with Gasteiger partial charge in [-0.05, 0) is 23.8 Å². The van der Waals surface area contributed by atoms with E-state index in [1.54, 1.807) is 0 Å². The Kier molecular flexibility index (Phi) is 5.19. The van der Waals surface area contributed by atoms with Gasteiger partial charge in [-0.1, -0.05) is 42.5 Å². The molecule has 0 atom stereocenters. The highest BCUT2D eigenvalue weighted by Crippen LogP contribution is 2.34. The summed E-state index contributed by atoms with van der Waals surface area (Å²) in [6.07, 6.45) is 2.93. The van der Waals surface area contributed by atoms with Gasteiger partial charge in [-0.3, -0.25) is 0 Å². The van der Waals surface area contributed by atoms with Crippen molar-refractivity contribution in [3.05, 3.63) is 65.9 Å². The molecule has 0 saturated carbocycles. The molecule has 0 spiro atoms. The summed E-state index contributed by atoms with van der Waals surface area (Å²) in [5, 5.41) is 0. The van der Waals surface area contributed by atoms with E-state index < -0.39 is 0 Å². The Morgan fingerprint density at radius 2 is 1.72 bits per heavy atom. The average molecular weight is 337 g/mol. The maximum absolute atomic E-state index is 6.05. The molecule has 4 nitrogen and oxygen atoms in total. The van der Waals surface area contributed by atoms with E-state index in [-0.39, 0.29) is 0 Å². The molecule has 0 unspecified atom stereocenters. The summed E-state index contributed by atoms with van der Waals surface area (Å²) in [5.41, 5.74) is 1.86. The second-order valence-corrected chi connectivity index (χ2v) is 7.12. The third-order valence-corrected chi connectivity index (χ3v) is 3.83. The fourth-order valence-corrected chi connectivity index (χ4v) is 2.57. The van der Waals surface area contributed by atoms with Crippen molar-refractivity contribution in [1.29, 1.82) is 0 Å². The molecule has 0 aromatic heterocycles. The number of nitrogens with zero attached hydrogens (tertiary/aromatic N) is 2. The molecule has 0 amide bonds. The summed E-state index contributed by atoms with van der Waals surface area (Å²) in [7, 11) is 6.54. The summed E-state index contributed by atoms with van der Waals surface area (Å²) < 4.78 is 12.9. The molecule has 0 saturated heterocycles. The van der Waals surface area contributed by atoms with Crippen LogP contribution in [0, 0.1) is 0 Å². The molecule has 2 aromatic carbocycles. The van der Waals surface area contributed by atoms with Crippen LogP contribution in [0.4, 0.5) is 5.69 Å². The molecular weight excluding hydrogens is 312 g/mol. The molecule has 1 aliphatic heterocycles. The lowest BCUT2D eigenvalue weighted by Crippen LogP contribution is -2.36. The molecule has 0 N–H and O–H groups in total. The van der Waals surface area contributed by atoms with Gasteiger partial charge in [0.1, 0.15) is 5.69 Å². The van der Waals surface area contributed by atoms with Gasteiger partial charge in [-0.15, -0.1) is 0 Å². The number of hydrogen-bond acceptors (Lipinski definition) is 3. The van der Waals surface area contributed by atoms with Gasteiger partial charge in [0.2, 0.25) is 0 Å². The topological polar surface area (TPSA) is 30.8 Å². The Morgan fingerprint density at radius 1 is 1.00 bits per heavy atom. The first-order valence-corrected chi connectivity index (χ1v) is 8.57. The van der Waals surface area contributed by atoms with Gasteiger partial charge in [0, 0.05) is 6.42 Å². The molecule has 1 heterocycles. The zero-order valence-corrected chi connectivity index (χ0v) is 15.1. The zero-order valence-electron chi connectivity index (χ0n) is 15.1. The maximum Gasteiger partial charge on any atom is 0.258 e. The number of hydrogen-bond donors (Lipinski definition) is 0. The highest BCUT2D eigenvalue weighted by Gasteiger charge is 2.20. The van der Waals surface area contributed by atoms with Crippen LogP contribution in [0.2, 0.25) is 0 Å². The monoisotopic (exact) mass is 337 g/mol. The lowest BCUT2D eigenvalue weighted by Gasteiger charge is -2.24. The molecular formula is C21H25N2O2+. The van der Waals surface area contributed by atoms with Gasteiger partial charge in [-0.2, -0.15) is 0 Å². The molecule has 25 heavy (non-hydrogen) atoms. The lowest BCUT2D eigenvalue weighted by atomic mass is 10.2. The second-order valence-electron chi connectivity index (χ2n) is 7.12. The quantitative estimate of drug-likeness (QED) is 0.603. The Bertz CT molecular complexity index is 774. The van der Waals surface area contributed by atoms with Gasteiger partial charge in [0.15, 0.2) is 11.5 Å². The number of ether oxygens (including phenoxy) is 2. The Labute approximate surface area is 149 Å². The Morgan fingerprint density at radius 3 is 2.48 bits per heavy atom. The number of fused-ring (bicyclic) bond motifs is 1. The fraction of sp³-hybridized carbons (Fsp3) is 0.286. The standard InChI is InChI=1S/C21H25N2O2/c1-23(2,3)14-9-15-24-21-20(16-17-10-5-4-6-11-17)25-19-13-8-7-12-18(19)22-21/h4-8,10-13,16H,9,14-15H2,1-3H3/q+1. The SMILES string of the molecule is C[N+](C)(C)CCCOC1=Nc2ccccc2OC1=Cc1ccccc1. The predicted molar refractivity (Wildman–Crippen MR) is 102 cm³/mol. The molecule has 1 aliphatic rings. The summed E-state index contributed by atoms with van der Waals surface area (Å²) in [4.78, 5) is 4.65. The Balaban J connectivity index is 1.79. The first-order chi connectivity index (χ1) is 12.0. The van der Waals surface area contributed by atoms with Crippen molar-refractivity contribution in [2.75, 3.05) is 34.3 Å². The van der Waals surface area contributed by atoms with Crippen molar-refractivity contribution in [3.8, 4) is 5.75 Å². The number of para-hydroxylation sites is 2. The van der Waals surface area contributed by atoms with Crippen LogP contribution in [-0.4, -0.2) is 44.7 Å². The fourth-order valence-electron chi connectivity index (χ4n) is 2.57. The average Bonchev–Trinajstić information content (AvgIpc) is 2.59. The summed E-state index contributed by atoms with van der Waals surface area (Å²) in [6.45, 7) is 1.66. The van der Waals surface area contributed by atoms with Crippen LogP contribution >= 0.6 is 0 Å². The number of benzene rings is 2. The van der Waals surface area contributed by atoms with Gasteiger partial charge in [-0.25, -0.2) is 4.99 Å². The largest absolute Gasteiger partial charge is 0.475 e. The first-order valence-electron chi connectivity index (χ1n) is 8.57. The van der Waals surface area contributed by atoms with Crippen LogP contribution in [0.5, 0.6) is 5.75 Å². The van der Waals surface area contributed by atoms with Crippen molar-refractivity contribution >= 4 is 17.7 Å². The van der Waals surface area contributed by atoms with Crippen molar-refractivity contribution < 1.29 is 14.0 Å². The first kappa shape index (κ1) is 17.2. The highest BCUT2D eigenvalue weighted by molar-refractivity contribution is 5.99. The van der Waals surface area contributed by atoms with Gasteiger partial charge in [0.25, 0.3) is 5.90 Å². The number of rotatable bonds is 5. The van der Waals surface area contributed by atoms with Crippen LogP contribution in [-0.2, 0) is 4.74 Å². The van der Waals surface area contributed by atoms with E-state index in [0.717, 1.165) is 34.4 Å². The van der Waals surface area contributed by atoms with Crippen LogP contribution in [0.25, 0.3) is 6.08 Å². The highest BCUT2D eigenvalue weighted by atomic mass is 16.5. The van der Waals surface area contributed by atoms with Crippen LogP contribution in [0.1, 0.15) is 12.0 Å². The summed E-state index contributed by atoms with van der Waals surface area (Å²) in [5.74, 6) is 1.95. The molecule has 0 aliphatic carbocycles. The molecule has 0 radical (unpaired) electrons. The third kappa shape index (κ3) is 4.94. The minimum atomic E-state index is 0.545. The Hall–Kier alpha value is -2.59. The van der Waals surface area contributed by atoms with Crippen LogP contribution in [0.3, 0.4) is 0 Å². The third-order valence-electron chi connectivity index (χ3n) is 3.83. The lowest BCUT2D eigenvalue weighted by molar-refractivity contribution is -0.870. The van der Waals surface area contributed by atoms with E-state index in [9.17, 15) is 0 Å². The number of aliphatic imine (C=N–C) groups is 1. The van der Waals surface area contributed by atoms with E-state index >= 15 is 0 Å². The van der Waals surface area contributed by atoms with Gasteiger partial charge < -0.3 is 14.0 Å². The molecule has 2 aromatic rings. The van der Waals surface area contributed by atoms with Crippen LogP contribution in [0.15, 0.2) is 65.3 Å².